The molecule has 2 N–H and O–H groups in total. The number of thiophene rings is 1. The highest BCUT2D eigenvalue weighted by Crippen LogP contribution is 2.24. The third-order valence-corrected chi connectivity index (χ3v) is 4.33. The molecule has 0 radical (unpaired) electrons. The van der Waals surface area contributed by atoms with E-state index in [0.29, 0.717) is 6.54 Å². The van der Waals surface area contributed by atoms with Gasteiger partial charge in [0.15, 0.2) is 0 Å². The molecule has 4 heteroatoms. The van der Waals surface area contributed by atoms with Gasteiger partial charge in [0.25, 0.3) is 5.91 Å². The fourth-order valence-electron chi connectivity index (χ4n) is 2.05. The van der Waals surface area contributed by atoms with Crippen molar-refractivity contribution in [3.8, 4) is 0 Å². The van der Waals surface area contributed by atoms with E-state index in [-0.39, 0.29) is 5.91 Å². The maximum Gasteiger partial charge on any atom is 0.261 e. The Hall–Kier alpha value is -0.870. The molecule has 1 aromatic rings. The van der Waals surface area contributed by atoms with Gasteiger partial charge in [0.05, 0.1) is 11.0 Å². The Morgan fingerprint density at radius 2 is 2.11 bits per heavy atom. The number of nitrogens with one attached hydrogen (secondary N) is 1. The first-order chi connectivity index (χ1) is 9.12. The number of rotatable bonds is 8. The number of carbonyl (C=O) groups excluding carboxylic acids is 1. The van der Waals surface area contributed by atoms with Crippen molar-refractivity contribution in [2.45, 2.75) is 59.0 Å². The summed E-state index contributed by atoms with van der Waals surface area (Å²) in [6.45, 7) is 6.64. The van der Waals surface area contributed by atoms with Crippen molar-refractivity contribution in [3.63, 3.8) is 0 Å². The molecule has 0 aliphatic rings. The van der Waals surface area contributed by atoms with Crippen molar-refractivity contribution in [1.29, 1.82) is 0 Å². The van der Waals surface area contributed by atoms with E-state index < -0.39 is 6.10 Å². The Morgan fingerprint density at radius 1 is 1.37 bits per heavy atom. The summed E-state index contributed by atoms with van der Waals surface area (Å²) in [7, 11) is 0. The first-order valence-corrected chi connectivity index (χ1v) is 8.01. The molecule has 1 heterocycles. The van der Waals surface area contributed by atoms with Gasteiger partial charge in [0.2, 0.25) is 0 Å². The number of aliphatic hydroxyl groups is 1. The van der Waals surface area contributed by atoms with Crippen LogP contribution in [-0.4, -0.2) is 23.7 Å². The molecule has 0 bridgehead atoms. The highest BCUT2D eigenvalue weighted by atomic mass is 32.1. The second-order valence-electron chi connectivity index (χ2n) is 4.82. The predicted octanol–water partition coefficient (Wildman–Crippen LogP) is 3.15. The average molecular weight is 283 g/mol. The topological polar surface area (TPSA) is 49.3 Å². The van der Waals surface area contributed by atoms with Gasteiger partial charge in [0.1, 0.15) is 0 Å². The van der Waals surface area contributed by atoms with Crippen LogP contribution in [0.3, 0.4) is 0 Å². The third-order valence-electron chi connectivity index (χ3n) is 3.10. The number of hydrogen-bond donors (Lipinski definition) is 2. The van der Waals surface area contributed by atoms with E-state index in [4.69, 9.17) is 0 Å². The second kappa shape index (κ2) is 8.33. The summed E-state index contributed by atoms with van der Waals surface area (Å²) in [5.74, 6) is -0.0581. The van der Waals surface area contributed by atoms with Crippen LogP contribution in [0, 0.1) is 0 Å². The predicted molar refractivity (Wildman–Crippen MR) is 80.9 cm³/mol. The van der Waals surface area contributed by atoms with Gasteiger partial charge in [-0.1, -0.05) is 33.6 Å². The molecule has 0 aliphatic carbocycles. The van der Waals surface area contributed by atoms with Crippen LogP contribution in [0.25, 0.3) is 0 Å². The van der Waals surface area contributed by atoms with Gasteiger partial charge in [0, 0.05) is 11.4 Å². The zero-order valence-corrected chi connectivity index (χ0v) is 13.0. The molecule has 108 valence electrons. The van der Waals surface area contributed by atoms with Gasteiger partial charge in [-0.2, -0.15) is 0 Å². The molecule has 1 aromatic heterocycles. The molecule has 0 saturated heterocycles. The summed E-state index contributed by atoms with van der Waals surface area (Å²) in [6, 6.07) is 2.00. The smallest absolute Gasteiger partial charge is 0.261 e. The highest BCUT2D eigenvalue weighted by Gasteiger charge is 2.14. The molecular formula is C15H25NO2S. The minimum atomic E-state index is -0.435. The first kappa shape index (κ1) is 16.2. The van der Waals surface area contributed by atoms with Crippen molar-refractivity contribution in [3.05, 3.63) is 21.4 Å². The minimum absolute atomic E-state index is 0.0581. The summed E-state index contributed by atoms with van der Waals surface area (Å²) in [6.07, 6.45) is 4.33. The van der Waals surface area contributed by atoms with Gasteiger partial charge in [-0.15, -0.1) is 11.3 Å². The van der Waals surface area contributed by atoms with Crippen LogP contribution in [0.15, 0.2) is 6.07 Å². The zero-order valence-electron chi connectivity index (χ0n) is 12.2. The molecule has 3 nitrogen and oxygen atoms in total. The van der Waals surface area contributed by atoms with E-state index in [1.165, 1.54) is 10.4 Å². The maximum atomic E-state index is 12.0. The Kier molecular flexibility index (Phi) is 7.10. The van der Waals surface area contributed by atoms with Crippen LogP contribution in [0.1, 0.15) is 60.1 Å². The molecule has 1 amide bonds. The number of aryl methyl sites for hydroxylation is 2. The fraction of sp³-hybridized carbons (Fsp3) is 0.667. The van der Waals surface area contributed by atoms with Crippen molar-refractivity contribution < 1.29 is 9.90 Å². The van der Waals surface area contributed by atoms with Crippen LogP contribution in [-0.2, 0) is 12.8 Å². The molecule has 19 heavy (non-hydrogen) atoms. The average Bonchev–Trinajstić information content (AvgIpc) is 2.80. The van der Waals surface area contributed by atoms with E-state index in [1.807, 2.05) is 13.0 Å². The van der Waals surface area contributed by atoms with Gasteiger partial charge in [-0.05, 0) is 30.9 Å². The number of aliphatic hydroxyl groups excluding tert-OH is 1. The van der Waals surface area contributed by atoms with Gasteiger partial charge < -0.3 is 10.4 Å². The highest BCUT2D eigenvalue weighted by molar-refractivity contribution is 7.14. The quantitative estimate of drug-likeness (QED) is 0.770. The summed E-state index contributed by atoms with van der Waals surface area (Å²) < 4.78 is 0. The van der Waals surface area contributed by atoms with E-state index in [0.717, 1.165) is 37.0 Å². The lowest BCUT2D eigenvalue weighted by molar-refractivity contribution is 0.0914. The number of amides is 1. The van der Waals surface area contributed by atoms with Crippen LogP contribution in [0.4, 0.5) is 0 Å². The summed E-state index contributed by atoms with van der Waals surface area (Å²) in [5, 5.41) is 12.4. The van der Waals surface area contributed by atoms with Crippen LogP contribution in [0.5, 0.6) is 0 Å². The Bertz CT molecular complexity index is 401. The molecule has 1 rings (SSSR count). The first-order valence-electron chi connectivity index (χ1n) is 7.20. The van der Waals surface area contributed by atoms with E-state index in [2.05, 4.69) is 19.2 Å². The monoisotopic (exact) mass is 283 g/mol. The van der Waals surface area contributed by atoms with Crippen molar-refractivity contribution in [1.82, 2.24) is 5.32 Å². The van der Waals surface area contributed by atoms with Crippen molar-refractivity contribution >= 4 is 17.2 Å². The number of hydrogen-bond acceptors (Lipinski definition) is 3. The molecule has 0 fully saturated rings. The van der Waals surface area contributed by atoms with Gasteiger partial charge in [-0.25, -0.2) is 0 Å². The van der Waals surface area contributed by atoms with E-state index in [1.54, 1.807) is 11.3 Å². The zero-order chi connectivity index (χ0) is 14.3. The van der Waals surface area contributed by atoms with Crippen molar-refractivity contribution in [2.75, 3.05) is 6.54 Å². The SMILES string of the molecule is CCCc1sc(C(=O)NCC(O)CCC)cc1CC. The Morgan fingerprint density at radius 3 is 2.68 bits per heavy atom. The molecule has 0 aliphatic heterocycles. The Labute approximate surface area is 120 Å². The molecular weight excluding hydrogens is 258 g/mol. The second-order valence-corrected chi connectivity index (χ2v) is 5.95. The summed E-state index contributed by atoms with van der Waals surface area (Å²) in [4.78, 5) is 14.1. The van der Waals surface area contributed by atoms with Gasteiger partial charge >= 0.3 is 0 Å². The maximum absolute atomic E-state index is 12.0. The third kappa shape index (κ3) is 4.96. The Balaban J connectivity index is 2.61. The van der Waals surface area contributed by atoms with Crippen LogP contribution < -0.4 is 5.32 Å². The lowest BCUT2D eigenvalue weighted by Gasteiger charge is -2.09. The largest absolute Gasteiger partial charge is 0.391 e. The van der Waals surface area contributed by atoms with E-state index in [9.17, 15) is 9.90 Å². The fourth-order valence-corrected chi connectivity index (χ4v) is 3.32. The molecule has 0 aromatic carbocycles. The standard InChI is InChI=1S/C15H25NO2S/c1-4-7-12(17)10-16-15(18)14-9-11(6-3)13(19-14)8-5-2/h9,12,17H,4-8,10H2,1-3H3,(H,16,18). The lowest BCUT2D eigenvalue weighted by Crippen LogP contribution is -2.31. The van der Waals surface area contributed by atoms with Gasteiger partial charge in [-0.3, -0.25) is 4.79 Å². The normalized spacial score (nSPS) is 12.4. The van der Waals surface area contributed by atoms with E-state index >= 15 is 0 Å². The minimum Gasteiger partial charge on any atom is -0.391 e. The lowest BCUT2D eigenvalue weighted by atomic mass is 10.1. The van der Waals surface area contributed by atoms with Crippen LogP contribution in [0.2, 0.25) is 0 Å². The summed E-state index contributed by atoms with van der Waals surface area (Å²) >= 11 is 1.59. The van der Waals surface area contributed by atoms with Crippen LogP contribution >= 0.6 is 11.3 Å². The number of carbonyl (C=O) groups is 1. The molecule has 0 saturated carbocycles. The molecule has 0 spiro atoms. The summed E-state index contributed by atoms with van der Waals surface area (Å²) in [5.41, 5.74) is 1.28. The molecule has 1 atom stereocenters. The molecule has 1 unspecified atom stereocenters. The van der Waals surface area contributed by atoms with Crippen molar-refractivity contribution in [2.24, 2.45) is 0 Å².